The molecule has 0 saturated heterocycles. The number of hydrogen-bond acceptors (Lipinski definition) is 7. The Labute approximate surface area is 145 Å². The summed E-state index contributed by atoms with van der Waals surface area (Å²) in [5, 5.41) is 0. The van der Waals surface area contributed by atoms with Crippen molar-refractivity contribution in [2.75, 3.05) is 25.4 Å². The van der Waals surface area contributed by atoms with Gasteiger partial charge in [-0.25, -0.2) is 4.99 Å². The summed E-state index contributed by atoms with van der Waals surface area (Å²) in [6, 6.07) is 9.41. The molecule has 7 nitrogen and oxygen atoms in total. The molecule has 0 amide bonds. The van der Waals surface area contributed by atoms with Crippen molar-refractivity contribution < 1.29 is 18.9 Å². The second kappa shape index (κ2) is 6.18. The first-order chi connectivity index (χ1) is 12.2. The summed E-state index contributed by atoms with van der Waals surface area (Å²) in [5.74, 6) is 2.66. The fraction of sp³-hybridized carbons (Fsp3) is 0.278. The van der Waals surface area contributed by atoms with Gasteiger partial charge in [0.1, 0.15) is 6.17 Å². The van der Waals surface area contributed by atoms with Crippen LogP contribution >= 0.6 is 0 Å². The van der Waals surface area contributed by atoms with Gasteiger partial charge in [-0.3, -0.25) is 0 Å². The summed E-state index contributed by atoms with van der Waals surface area (Å²) >= 11 is 0. The molecule has 25 heavy (non-hydrogen) atoms. The molecule has 1 unspecified atom stereocenters. The SMILES string of the molecule is CCOc1cc2c(cc1OC)C(N)N(c1cccc3c1OCO3)C=N2. The van der Waals surface area contributed by atoms with Gasteiger partial charge in [0, 0.05) is 11.6 Å². The maximum atomic E-state index is 6.51. The van der Waals surface area contributed by atoms with Crippen LogP contribution in [-0.2, 0) is 0 Å². The van der Waals surface area contributed by atoms with Gasteiger partial charge in [0.2, 0.25) is 6.79 Å². The largest absolute Gasteiger partial charge is 0.493 e. The Bertz CT molecular complexity index is 837. The lowest BCUT2D eigenvalue weighted by Gasteiger charge is -2.32. The summed E-state index contributed by atoms with van der Waals surface area (Å²) in [7, 11) is 1.61. The van der Waals surface area contributed by atoms with Crippen LogP contribution in [0.25, 0.3) is 0 Å². The number of anilines is 1. The van der Waals surface area contributed by atoms with Crippen molar-refractivity contribution >= 4 is 17.7 Å². The molecule has 0 saturated carbocycles. The lowest BCUT2D eigenvalue weighted by Crippen LogP contribution is -2.35. The van der Waals surface area contributed by atoms with Gasteiger partial charge in [0.05, 0.1) is 31.4 Å². The number of methoxy groups -OCH3 is 1. The van der Waals surface area contributed by atoms with Gasteiger partial charge in [0.15, 0.2) is 23.0 Å². The molecule has 2 N–H and O–H groups in total. The average Bonchev–Trinajstić information content (AvgIpc) is 3.11. The normalized spacial score (nSPS) is 17.4. The molecule has 130 valence electrons. The Hall–Kier alpha value is -2.93. The summed E-state index contributed by atoms with van der Waals surface area (Å²) < 4.78 is 22.1. The van der Waals surface area contributed by atoms with Gasteiger partial charge < -0.3 is 29.6 Å². The fourth-order valence-corrected chi connectivity index (χ4v) is 3.02. The molecule has 0 aliphatic carbocycles. The number of nitrogens with zero attached hydrogens (tertiary/aromatic N) is 2. The monoisotopic (exact) mass is 341 g/mol. The first-order valence-electron chi connectivity index (χ1n) is 8.04. The van der Waals surface area contributed by atoms with Crippen molar-refractivity contribution in [3.8, 4) is 23.0 Å². The van der Waals surface area contributed by atoms with E-state index in [1.54, 1.807) is 13.4 Å². The number of hydrogen-bond donors (Lipinski definition) is 1. The van der Waals surface area contributed by atoms with Crippen LogP contribution < -0.4 is 29.6 Å². The van der Waals surface area contributed by atoms with Gasteiger partial charge in [-0.2, -0.15) is 0 Å². The van der Waals surface area contributed by atoms with Crippen LogP contribution in [0.15, 0.2) is 35.3 Å². The first kappa shape index (κ1) is 15.6. The lowest BCUT2D eigenvalue weighted by atomic mass is 10.1. The summed E-state index contributed by atoms with van der Waals surface area (Å²) in [6.07, 6.45) is 1.26. The van der Waals surface area contributed by atoms with Crippen molar-refractivity contribution in [3.63, 3.8) is 0 Å². The van der Waals surface area contributed by atoms with Gasteiger partial charge in [-0.1, -0.05) is 6.07 Å². The van der Waals surface area contributed by atoms with E-state index in [0.717, 1.165) is 16.9 Å². The smallest absolute Gasteiger partial charge is 0.231 e. The molecule has 1 atom stereocenters. The Morgan fingerprint density at radius 2 is 2.16 bits per heavy atom. The second-order valence-corrected chi connectivity index (χ2v) is 5.60. The van der Waals surface area contributed by atoms with Crippen LogP contribution in [0.2, 0.25) is 0 Å². The number of nitrogens with two attached hydrogens (primary N) is 1. The molecular formula is C18H19N3O4. The van der Waals surface area contributed by atoms with Crippen LogP contribution in [0.1, 0.15) is 18.7 Å². The molecule has 2 aliphatic rings. The second-order valence-electron chi connectivity index (χ2n) is 5.60. The Morgan fingerprint density at radius 1 is 1.28 bits per heavy atom. The summed E-state index contributed by atoms with van der Waals surface area (Å²) in [4.78, 5) is 6.39. The predicted molar refractivity (Wildman–Crippen MR) is 94.3 cm³/mol. The molecule has 0 fully saturated rings. The Kier molecular flexibility index (Phi) is 3.85. The standard InChI is InChI=1S/C18H19N3O4/c1-3-23-16-8-12-11(7-15(16)22-2)18(19)21(9-20-12)13-5-4-6-14-17(13)25-10-24-14/h4-9,18H,3,10,19H2,1-2H3. The van der Waals surface area contributed by atoms with Crippen LogP contribution in [0.5, 0.6) is 23.0 Å². The van der Waals surface area contributed by atoms with Crippen molar-refractivity contribution in [2.45, 2.75) is 13.1 Å². The molecule has 2 aliphatic heterocycles. The van der Waals surface area contributed by atoms with Crippen molar-refractivity contribution in [1.29, 1.82) is 0 Å². The van der Waals surface area contributed by atoms with Crippen LogP contribution in [0, 0.1) is 0 Å². The van der Waals surface area contributed by atoms with Crippen molar-refractivity contribution in [1.82, 2.24) is 0 Å². The summed E-state index contributed by atoms with van der Waals surface area (Å²) in [6.45, 7) is 2.67. The first-order valence-corrected chi connectivity index (χ1v) is 8.04. The fourth-order valence-electron chi connectivity index (χ4n) is 3.02. The molecule has 7 heteroatoms. The maximum Gasteiger partial charge on any atom is 0.231 e. The molecule has 0 radical (unpaired) electrons. The predicted octanol–water partition coefficient (Wildman–Crippen LogP) is 2.96. The topological polar surface area (TPSA) is 78.5 Å². The summed E-state index contributed by atoms with van der Waals surface area (Å²) in [5.41, 5.74) is 8.92. The molecule has 0 bridgehead atoms. The molecule has 0 spiro atoms. The third-order valence-corrected chi connectivity index (χ3v) is 4.21. The van der Waals surface area contributed by atoms with E-state index in [9.17, 15) is 0 Å². The molecule has 4 rings (SSSR count). The Balaban J connectivity index is 1.75. The molecule has 0 aromatic heterocycles. The van der Waals surface area contributed by atoms with E-state index in [-0.39, 0.29) is 6.79 Å². The minimum Gasteiger partial charge on any atom is -0.493 e. The van der Waals surface area contributed by atoms with E-state index in [4.69, 9.17) is 24.7 Å². The number of benzene rings is 2. The highest BCUT2D eigenvalue weighted by atomic mass is 16.7. The van der Waals surface area contributed by atoms with Gasteiger partial charge in [-0.05, 0) is 25.1 Å². The highest BCUT2D eigenvalue weighted by molar-refractivity contribution is 5.89. The minimum absolute atomic E-state index is 0.203. The maximum absolute atomic E-state index is 6.51. The Morgan fingerprint density at radius 3 is 2.96 bits per heavy atom. The third-order valence-electron chi connectivity index (χ3n) is 4.21. The molecule has 2 aromatic carbocycles. The van der Waals surface area contributed by atoms with Crippen LogP contribution in [0.4, 0.5) is 11.4 Å². The van der Waals surface area contributed by atoms with Crippen molar-refractivity contribution in [3.05, 3.63) is 35.9 Å². The molecule has 2 heterocycles. The van der Waals surface area contributed by atoms with E-state index in [0.29, 0.717) is 29.6 Å². The van der Waals surface area contributed by atoms with Crippen LogP contribution in [-0.4, -0.2) is 26.8 Å². The number of rotatable bonds is 4. The van der Waals surface area contributed by atoms with E-state index >= 15 is 0 Å². The van der Waals surface area contributed by atoms with Gasteiger partial charge in [0.25, 0.3) is 0 Å². The van der Waals surface area contributed by atoms with Crippen molar-refractivity contribution in [2.24, 2.45) is 10.7 Å². The zero-order chi connectivity index (χ0) is 17.4. The average molecular weight is 341 g/mol. The third kappa shape index (κ3) is 2.53. The van der Waals surface area contributed by atoms with Gasteiger partial charge in [-0.15, -0.1) is 0 Å². The number of ether oxygens (including phenoxy) is 4. The number of fused-ring (bicyclic) bond motifs is 2. The highest BCUT2D eigenvalue weighted by Crippen LogP contribution is 2.45. The zero-order valence-corrected chi connectivity index (χ0v) is 14.1. The molecule has 2 aromatic rings. The number of para-hydroxylation sites is 1. The van der Waals surface area contributed by atoms with E-state index < -0.39 is 6.17 Å². The van der Waals surface area contributed by atoms with E-state index in [2.05, 4.69) is 4.99 Å². The molecular weight excluding hydrogens is 322 g/mol. The highest BCUT2D eigenvalue weighted by Gasteiger charge is 2.29. The number of aliphatic imine (C=N–C) groups is 1. The van der Waals surface area contributed by atoms with E-state index in [1.165, 1.54) is 0 Å². The van der Waals surface area contributed by atoms with Crippen LogP contribution in [0.3, 0.4) is 0 Å². The minimum atomic E-state index is -0.437. The van der Waals surface area contributed by atoms with Gasteiger partial charge >= 0.3 is 0 Å². The van der Waals surface area contributed by atoms with E-state index in [1.807, 2.05) is 42.2 Å². The zero-order valence-electron chi connectivity index (χ0n) is 14.1. The quantitative estimate of drug-likeness (QED) is 0.921. The lowest BCUT2D eigenvalue weighted by molar-refractivity contribution is 0.174.